The molecule has 0 radical (unpaired) electrons. The Morgan fingerprint density at radius 1 is 1.90 bits per heavy atom. The SMILES string of the molecule is Cc1c(C=NO)no[n+]1[O-]. The predicted molar refractivity (Wildman–Crippen MR) is 29.6 cm³/mol. The maximum atomic E-state index is 10.5. The van der Waals surface area contributed by atoms with Crippen LogP contribution in [0.1, 0.15) is 11.4 Å². The van der Waals surface area contributed by atoms with E-state index >= 15 is 0 Å². The highest BCUT2D eigenvalue weighted by Gasteiger charge is 2.10. The summed E-state index contributed by atoms with van der Waals surface area (Å²) in [7, 11) is 0. The summed E-state index contributed by atoms with van der Waals surface area (Å²) in [6, 6.07) is 0. The Kier molecular flexibility index (Phi) is 1.53. The van der Waals surface area contributed by atoms with Gasteiger partial charge in [0.25, 0.3) is 5.69 Å². The molecule has 0 aliphatic carbocycles. The topological polar surface area (TPSA) is 85.6 Å². The maximum absolute atomic E-state index is 10.5. The van der Waals surface area contributed by atoms with E-state index in [0.29, 0.717) is 0 Å². The van der Waals surface area contributed by atoms with E-state index in [2.05, 4.69) is 14.9 Å². The minimum absolute atomic E-state index is 0.220. The fourth-order valence-corrected chi connectivity index (χ4v) is 0.474. The lowest BCUT2D eigenvalue weighted by molar-refractivity contribution is -0.806. The molecule has 0 atom stereocenters. The standard InChI is InChI=1S/C4H5N3O3/c1-3-4(2-5-8)6-10-7(3)9/h2,8H,1H3. The van der Waals surface area contributed by atoms with Gasteiger partial charge in [0.1, 0.15) is 6.21 Å². The number of aromatic nitrogens is 2. The summed E-state index contributed by atoms with van der Waals surface area (Å²) in [6.07, 6.45) is 1.02. The molecule has 0 aliphatic heterocycles. The third-order valence-electron chi connectivity index (χ3n) is 1.04. The fourth-order valence-electron chi connectivity index (χ4n) is 0.474. The lowest BCUT2D eigenvalue weighted by atomic mass is 10.4. The highest BCUT2D eigenvalue weighted by molar-refractivity contribution is 5.76. The van der Waals surface area contributed by atoms with E-state index in [1.807, 2.05) is 0 Å². The first-order chi connectivity index (χ1) is 4.75. The Morgan fingerprint density at radius 3 is 3.00 bits per heavy atom. The van der Waals surface area contributed by atoms with E-state index < -0.39 is 0 Å². The van der Waals surface area contributed by atoms with Crippen LogP contribution in [0.15, 0.2) is 9.78 Å². The number of nitrogens with zero attached hydrogens (tertiary/aromatic N) is 3. The summed E-state index contributed by atoms with van der Waals surface area (Å²) < 4.78 is 4.16. The molecule has 10 heavy (non-hydrogen) atoms. The fraction of sp³-hybridized carbons (Fsp3) is 0.250. The molecule has 0 spiro atoms. The molecular weight excluding hydrogens is 138 g/mol. The number of rotatable bonds is 1. The lowest BCUT2D eigenvalue weighted by Crippen LogP contribution is -2.26. The summed E-state index contributed by atoms with van der Waals surface area (Å²) in [5, 5.41) is 24.4. The van der Waals surface area contributed by atoms with E-state index in [-0.39, 0.29) is 16.3 Å². The largest absolute Gasteiger partial charge is 0.411 e. The van der Waals surface area contributed by atoms with Crippen molar-refractivity contribution in [2.45, 2.75) is 6.92 Å². The molecular formula is C4H5N3O3. The molecule has 0 aliphatic rings. The number of hydrogen-bond donors (Lipinski definition) is 1. The van der Waals surface area contributed by atoms with Crippen molar-refractivity contribution in [2.75, 3.05) is 0 Å². The normalized spacial score (nSPS) is 10.9. The van der Waals surface area contributed by atoms with Gasteiger partial charge >= 0.3 is 0 Å². The highest BCUT2D eigenvalue weighted by atomic mass is 16.8. The van der Waals surface area contributed by atoms with E-state index in [0.717, 1.165) is 6.21 Å². The molecule has 0 saturated heterocycles. The Labute approximate surface area is 55.9 Å². The first-order valence-electron chi connectivity index (χ1n) is 2.49. The van der Waals surface area contributed by atoms with Crippen LogP contribution in [0, 0.1) is 12.1 Å². The van der Waals surface area contributed by atoms with E-state index in [9.17, 15) is 5.21 Å². The van der Waals surface area contributed by atoms with Gasteiger partial charge in [-0.05, 0) is 4.90 Å². The summed E-state index contributed by atoms with van der Waals surface area (Å²) in [5.74, 6) is 0. The Balaban J connectivity index is 3.05. The second-order valence-electron chi connectivity index (χ2n) is 1.65. The van der Waals surface area contributed by atoms with Crippen LogP contribution in [0.4, 0.5) is 0 Å². The van der Waals surface area contributed by atoms with Crippen molar-refractivity contribution in [1.29, 1.82) is 0 Å². The molecule has 1 aromatic rings. The first kappa shape index (κ1) is 6.53. The van der Waals surface area contributed by atoms with Crippen LogP contribution in [0.5, 0.6) is 0 Å². The monoisotopic (exact) mass is 143 g/mol. The van der Waals surface area contributed by atoms with Gasteiger partial charge in [0.15, 0.2) is 0 Å². The van der Waals surface area contributed by atoms with Crippen LogP contribution < -0.4 is 4.90 Å². The predicted octanol–water partition coefficient (Wildman–Crippen LogP) is -0.575. The molecule has 54 valence electrons. The van der Waals surface area contributed by atoms with Crippen LogP contribution in [-0.2, 0) is 0 Å². The van der Waals surface area contributed by atoms with Crippen LogP contribution in [0.25, 0.3) is 0 Å². The average Bonchev–Trinajstić information content (AvgIpc) is 2.20. The summed E-state index contributed by atoms with van der Waals surface area (Å²) >= 11 is 0. The van der Waals surface area contributed by atoms with E-state index in [1.165, 1.54) is 6.92 Å². The zero-order valence-corrected chi connectivity index (χ0v) is 5.18. The lowest BCUT2D eigenvalue weighted by Gasteiger charge is -1.82. The maximum Gasteiger partial charge on any atom is 0.265 e. The van der Waals surface area contributed by atoms with Gasteiger partial charge in [-0.1, -0.05) is 5.16 Å². The number of hydrogen-bond acceptors (Lipinski definition) is 5. The minimum Gasteiger partial charge on any atom is -0.411 e. The quantitative estimate of drug-likeness (QED) is 0.247. The van der Waals surface area contributed by atoms with Gasteiger partial charge in [-0.15, -0.1) is 0 Å². The Bertz CT molecular complexity index is 254. The van der Waals surface area contributed by atoms with Gasteiger partial charge < -0.3 is 10.4 Å². The minimum atomic E-state index is 0.220. The van der Waals surface area contributed by atoms with Crippen molar-refractivity contribution in [3.63, 3.8) is 0 Å². The van der Waals surface area contributed by atoms with Crippen molar-refractivity contribution in [2.24, 2.45) is 5.16 Å². The molecule has 0 saturated carbocycles. The Hall–Kier alpha value is -1.59. The molecule has 0 unspecified atom stereocenters. The molecule has 6 heteroatoms. The summed E-state index contributed by atoms with van der Waals surface area (Å²) in [6.45, 7) is 1.50. The molecule has 0 amide bonds. The van der Waals surface area contributed by atoms with Crippen LogP contribution in [0.2, 0.25) is 0 Å². The van der Waals surface area contributed by atoms with Crippen LogP contribution in [0.3, 0.4) is 0 Å². The third kappa shape index (κ3) is 0.903. The summed E-state index contributed by atoms with van der Waals surface area (Å²) in [5.41, 5.74) is 0.482. The molecule has 1 N–H and O–H groups in total. The number of oxime groups is 1. The smallest absolute Gasteiger partial charge is 0.265 e. The average molecular weight is 143 g/mol. The van der Waals surface area contributed by atoms with Gasteiger partial charge in [-0.2, -0.15) is 0 Å². The molecule has 1 rings (SSSR count). The molecule has 1 aromatic heterocycles. The molecule has 0 fully saturated rings. The molecule has 0 bridgehead atoms. The summed E-state index contributed by atoms with van der Waals surface area (Å²) in [4.78, 5) is 0.233. The van der Waals surface area contributed by atoms with E-state index in [1.54, 1.807) is 0 Å². The molecule has 1 heterocycles. The van der Waals surface area contributed by atoms with Crippen molar-refractivity contribution >= 4 is 6.21 Å². The van der Waals surface area contributed by atoms with Gasteiger partial charge in [-0.3, -0.25) is 4.63 Å². The molecule has 0 aromatic carbocycles. The van der Waals surface area contributed by atoms with Crippen LogP contribution >= 0.6 is 0 Å². The van der Waals surface area contributed by atoms with E-state index in [4.69, 9.17) is 5.21 Å². The third-order valence-corrected chi connectivity index (χ3v) is 1.04. The van der Waals surface area contributed by atoms with Crippen molar-refractivity contribution < 1.29 is 14.7 Å². The zero-order valence-electron chi connectivity index (χ0n) is 5.18. The van der Waals surface area contributed by atoms with Crippen molar-refractivity contribution in [1.82, 2.24) is 5.16 Å². The van der Waals surface area contributed by atoms with Gasteiger partial charge in [0.2, 0.25) is 5.69 Å². The van der Waals surface area contributed by atoms with Gasteiger partial charge in [0.05, 0.1) is 0 Å². The second kappa shape index (κ2) is 2.34. The Morgan fingerprint density at radius 2 is 2.60 bits per heavy atom. The van der Waals surface area contributed by atoms with Crippen LogP contribution in [-0.4, -0.2) is 16.6 Å². The van der Waals surface area contributed by atoms with Crippen molar-refractivity contribution in [3.8, 4) is 0 Å². The first-order valence-corrected chi connectivity index (χ1v) is 2.49. The van der Waals surface area contributed by atoms with Crippen molar-refractivity contribution in [3.05, 3.63) is 16.6 Å². The highest BCUT2D eigenvalue weighted by Crippen LogP contribution is 1.92. The second-order valence-corrected chi connectivity index (χ2v) is 1.65. The van der Waals surface area contributed by atoms with Gasteiger partial charge in [-0.25, -0.2) is 0 Å². The van der Waals surface area contributed by atoms with Gasteiger partial charge in [0, 0.05) is 12.1 Å². The zero-order chi connectivity index (χ0) is 7.56. The molecule has 6 nitrogen and oxygen atoms in total.